The van der Waals surface area contributed by atoms with Crippen LogP contribution in [0.1, 0.15) is 83.3 Å². The van der Waals surface area contributed by atoms with Crippen LogP contribution in [0, 0.1) is 11.3 Å². The number of imidazole rings is 1. The lowest BCUT2D eigenvalue weighted by atomic mass is 9.78. The number of halogens is 1. The zero-order valence-corrected chi connectivity index (χ0v) is 21.4. The maximum absolute atomic E-state index is 13.1. The first kappa shape index (κ1) is 26.2. The molecule has 2 aromatic rings. The number of aromatic nitrogens is 2. The van der Waals surface area contributed by atoms with E-state index in [1.54, 1.807) is 10.8 Å². The molecule has 2 N–H and O–H groups in total. The second-order valence-electron chi connectivity index (χ2n) is 10.5. The molecule has 1 heterocycles. The van der Waals surface area contributed by atoms with Gasteiger partial charge in [0.05, 0.1) is 6.54 Å². The Labute approximate surface area is 191 Å². The molecule has 0 aliphatic heterocycles. The minimum absolute atomic E-state index is 0. The van der Waals surface area contributed by atoms with Crippen LogP contribution in [0.3, 0.4) is 0 Å². The van der Waals surface area contributed by atoms with E-state index in [4.69, 9.17) is 5.41 Å². The molecule has 0 bridgehead atoms. The van der Waals surface area contributed by atoms with Gasteiger partial charge in [0, 0.05) is 35.6 Å². The lowest BCUT2D eigenvalue weighted by molar-refractivity contribution is 0.0969. The zero-order chi connectivity index (χ0) is 22.1. The second kappa shape index (κ2) is 9.54. The van der Waals surface area contributed by atoms with Gasteiger partial charge in [0.25, 0.3) is 0 Å². The van der Waals surface area contributed by atoms with Gasteiger partial charge >= 0.3 is 0 Å². The van der Waals surface area contributed by atoms with Crippen molar-refractivity contribution in [2.75, 3.05) is 0 Å². The van der Waals surface area contributed by atoms with Gasteiger partial charge in [-0.15, -0.1) is 17.0 Å². The first-order valence-corrected chi connectivity index (χ1v) is 10.4. The highest BCUT2D eigenvalue weighted by molar-refractivity contribution is 8.93. The minimum Gasteiger partial charge on any atom is -0.507 e. The molecule has 0 aliphatic carbocycles. The maximum Gasteiger partial charge on any atom is 0.202 e. The molecule has 5 nitrogen and oxygen atoms in total. The monoisotopic (exact) mass is 479 g/mol. The third kappa shape index (κ3) is 6.10. The van der Waals surface area contributed by atoms with Crippen LogP contribution in [0.2, 0.25) is 0 Å². The molecule has 0 atom stereocenters. The smallest absolute Gasteiger partial charge is 0.202 e. The van der Waals surface area contributed by atoms with Gasteiger partial charge in [-0.25, -0.2) is 0 Å². The summed E-state index contributed by atoms with van der Waals surface area (Å²) in [6.45, 7) is 17.4. The molecule has 1 aromatic heterocycles. The topological polar surface area (TPSA) is 71.0 Å². The number of hydrogen-bond acceptors (Lipinski definition) is 3. The third-order valence-corrected chi connectivity index (χ3v) is 5.28. The van der Waals surface area contributed by atoms with Crippen molar-refractivity contribution in [1.82, 2.24) is 9.13 Å². The van der Waals surface area contributed by atoms with E-state index < -0.39 is 0 Å². The summed E-state index contributed by atoms with van der Waals surface area (Å²) < 4.78 is 3.56. The standard InChI is InChI=1S/C24H37N3O2.BrH/c1-16(2)9-10-26-11-12-27(22(26)25)15-20(28)17-13-18(23(3,4)5)21(29)19(14-17)24(6,7)8;/h11-14,16,25,29H,9-10,15H2,1-8H3;1H. The Morgan fingerprint density at radius 3 is 1.90 bits per heavy atom. The summed E-state index contributed by atoms with van der Waals surface area (Å²) >= 11 is 0. The summed E-state index contributed by atoms with van der Waals surface area (Å²) in [7, 11) is 0. The number of benzene rings is 1. The quantitative estimate of drug-likeness (QED) is 0.530. The number of nitrogens with one attached hydrogen (secondary N) is 1. The van der Waals surface area contributed by atoms with Crippen LogP contribution in [0.25, 0.3) is 0 Å². The van der Waals surface area contributed by atoms with E-state index in [2.05, 4.69) is 13.8 Å². The molecule has 0 aliphatic rings. The van der Waals surface area contributed by atoms with Crippen molar-refractivity contribution >= 4 is 22.8 Å². The fourth-order valence-corrected chi connectivity index (χ4v) is 3.36. The number of aryl methyl sites for hydroxylation is 1. The van der Waals surface area contributed by atoms with Gasteiger partial charge in [0.2, 0.25) is 5.62 Å². The van der Waals surface area contributed by atoms with Crippen molar-refractivity contribution in [2.24, 2.45) is 5.92 Å². The Bertz CT molecular complexity index is 906. The average molecular weight is 480 g/mol. The Hall–Kier alpha value is -1.82. The molecule has 0 radical (unpaired) electrons. The molecule has 30 heavy (non-hydrogen) atoms. The molecule has 1 aromatic carbocycles. The van der Waals surface area contributed by atoms with Gasteiger partial charge in [-0.05, 0) is 35.3 Å². The third-order valence-electron chi connectivity index (χ3n) is 5.28. The fraction of sp³-hybridized carbons (Fsp3) is 0.583. The Morgan fingerprint density at radius 1 is 1.00 bits per heavy atom. The number of ketones is 1. The zero-order valence-electron chi connectivity index (χ0n) is 19.7. The molecule has 0 unspecified atom stereocenters. The summed E-state index contributed by atoms with van der Waals surface area (Å²) in [5, 5.41) is 19.2. The number of nitrogens with zero attached hydrogens (tertiary/aromatic N) is 2. The fourth-order valence-electron chi connectivity index (χ4n) is 3.36. The Morgan fingerprint density at radius 2 is 1.47 bits per heavy atom. The highest BCUT2D eigenvalue weighted by Gasteiger charge is 2.27. The van der Waals surface area contributed by atoms with Crippen LogP contribution in [0.5, 0.6) is 5.75 Å². The van der Waals surface area contributed by atoms with Crippen LogP contribution >= 0.6 is 17.0 Å². The van der Waals surface area contributed by atoms with Crippen molar-refractivity contribution in [3.8, 4) is 5.75 Å². The van der Waals surface area contributed by atoms with Gasteiger partial charge in [-0.2, -0.15) is 0 Å². The number of aromatic hydroxyl groups is 1. The van der Waals surface area contributed by atoms with Gasteiger partial charge < -0.3 is 14.2 Å². The molecule has 2 rings (SSSR count). The Balaban J connectivity index is 0.00000450. The molecule has 6 heteroatoms. The average Bonchev–Trinajstić information content (AvgIpc) is 2.91. The lowest BCUT2D eigenvalue weighted by Crippen LogP contribution is -2.28. The molecule has 0 saturated carbocycles. The highest BCUT2D eigenvalue weighted by atomic mass is 79.9. The Kier molecular flexibility index (Phi) is 8.34. The minimum atomic E-state index is -0.283. The van der Waals surface area contributed by atoms with Crippen molar-refractivity contribution in [2.45, 2.75) is 85.7 Å². The summed E-state index contributed by atoms with van der Waals surface area (Å²) in [5.74, 6) is 0.784. The van der Waals surface area contributed by atoms with Crippen LogP contribution in [0.4, 0.5) is 0 Å². The van der Waals surface area contributed by atoms with E-state index in [0.717, 1.165) is 24.1 Å². The number of hydrogen-bond donors (Lipinski definition) is 2. The van der Waals surface area contributed by atoms with Gasteiger partial charge in [-0.1, -0.05) is 55.4 Å². The molecule has 0 fully saturated rings. The van der Waals surface area contributed by atoms with Crippen molar-refractivity contribution < 1.29 is 9.90 Å². The molecule has 0 spiro atoms. The molecular formula is C24H38BrN3O2. The molecule has 168 valence electrons. The van der Waals surface area contributed by atoms with Crippen LogP contribution in [0.15, 0.2) is 24.5 Å². The second-order valence-corrected chi connectivity index (χ2v) is 10.5. The largest absolute Gasteiger partial charge is 0.507 e. The van der Waals surface area contributed by atoms with Gasteiger partial charge in [-0.3, -0.25) is 10.2 Å². The SMILES string of the molecule is Br.CC(C)CCn1ccn(CC(=O)c2cc(C(C)(C)C)c(O)c(C(C)(C)C)c2)c1=N. The predicted octanol–water partition coefficient (Wildman–Crippen LogP) is 5.58. The van der Waals surface area contributed by atoms with Crippen LogP contribution < -0.4 is 5.62 Å². The number of Topliss-reactive ketones (excluding diaryl/α,β-unsaturated/α-hetero) is 1. The van der Waals surface area contributed by atoms with E-state index >= 15 is 0 Å². The maximum atomic E-state index is 13.1. The molecule has 0 saturated heterocycles. The molecule has 0 amide bonds. The van der Waals surface area contributed by atoms with E-state index in [1.807, 2.05) is 64.4 Å². The summed E-state index contributed by atoms with van der Waals surface area (Å²) in [5.41, 5.74) is 1.91. The summed E-state index contributed by atoms with van der Waals surface area (Å²) in [4.78, 5) is 13.1. The number of carbonyl (C=O) groups excluding carboxylic acids is 1. The van der Waals surface area contributed by atoms with E-state index in [0.29, 0.717) is 17.1 Å². The van der Waals surface area contributed by atoms with Gasteiger partial charge in [0.15, 0.2) is 5.78 Å². The van der Waals surface area contributed by atoms with E-state index in [9.17, 15) is 9.90 Å². The van der Waals surface area contributed by atoms with Crippen LogP contribution in [-0.2, 0) is 23.9 Å². The number of carbonyl (C=O) groups is 1. The number of phenolic OH excluding ortho intramolecular Hbond substituents is 1. The van der Waals surface area contributed by atoms with Crippen LogP contribution in [-0.4, -0.2) is 20.0 Å². The van der Waals surface area contributed by atoms with E-state index in [-0.39, 0.29) is 45.9 Å². The van der Waals surface area contributed by atoms with Crippen molar-refractivity contribution in [3.05, 3.63) is 46.8 Å². The van der Waals surface area contributed by atoms with Crippen molar-refractivity contribution in [1.29, 1.82) is 5.41 Å². The molecular weight excluding hydrogens is 442 g/mol. The normalized spacial score (nSPS) is 12.2. The predicted molar refractivity (Wildman–Crippen MR) is 128 cm³/mol. The first-order valence-electron chi connectivity index (χ1n) is 10.4. The highest BCUT2D eigenvalue weighted by Crippen LogP contribution is 2.39. The first-order chi connectivity index (χ1) is 13.2. The summed E-state index contributed by atoms with van der Waals surface area (Å²) in [6, 6.07) is 3.62. The number of phenols is 1. The number of rotatable bonds is 6. The van der Waals surface area contributed by atoms with E-state index in [1.165, 1.54) is 0 Å². The van der Waals surface area contributed by atoms with Crippen molar-refractivity contribution in [3.63, 3.8) is 0 Å². The van der Waals surface area contributed by atoms with Gasteiger partial charge in [0.1, 0.15) is 5.75 Å². The summed E-state index contributed by atoms with van der Waals surface area (Å²) in [6.07, 6.45) is 4.67. The lowest BCUT2D eigenvalue weighted by Gasteiger charge is -2.28.